The highest BCUT2D eigenvalue weighted by molar-refractivity contribution is 8.00. The van der Waals surface area contributed by atoms with Crippen LogP contribution in [0.3, 0.4) is 0 Å². The van der Waals surface area contributed by atoms with E-state index in [9.17, 15) is 9.18 Å². The first-order valence-electron chi connectivity index (χ1n) is 8.75. The van der Waals surface area contributed by atoms with E-state index in [1.165, 1.54) is 23.9 Å². The maximum atomic E-state index is 13.4. The second-order valence-electron chi connectivity index (χ2n) is 6.25. The van der Waals surface area contributed by atoms with Crippen LogP contribution in [0.2, 0.25) is 5.02 Å². The van der Waals surface area contributed by atoms with Crippen molar-refractivity contribution in [3.8, 4) is 0 Å². The predicted octanol–water partition coefficient (Wildman–Crippen LogP) is 4.03. The SMILES string of the molecule is CCc1nnc2n1NC(c1ccc(F)cc1)C(C(=O)Nc1ccccc1Cl)S2. The Morgan fingerprint density at radius 2 is 2.00 bits per heavy atom. The molecule has 2 N–H and O–H groups in total. The third-order valence-corrected chi connectivity index (χ3v) is 5.98. The molecule has 1 amide bonds. The molecule has 2 heterocycles. The molecule has 144 valence electrons. The van der Waals surface area contributed by atoms with E-state index in [1.54, 1.807) is 41.1 Å². The molecule has 0 spiro atoms. The van der Waals surface area contributed by atoms with Crippen LogP contribution in [0.5, 0.6) is 0 Å². The van der Waals surface area contributed by atoms with Crippen molar-refractivity contribution >= 4 is 35.0 Å². The number of carbonyl (C=O) groups is 1. The van der Waals surface area contributed by atoms with Crippen molar-refractivity contribution in [2.45, 2.75) is 29.8 Å². The van der Waals surface area contributed by atoms with Crippen molar-refractivity contribution in [2.75, 3.05) is 10.7 Å². The number of aromatic nitrogens is 3. The minimum atomic E-state index is -0.553. The number of carbonyl (C=O) groups excluding carboxylic acids is 1. The number of thioether (sulfide) groups is 1. The van der Waals surface area contributed by atoms with Gasteiger partial charge in [0.05, 0.1) is 16.8 Å². The van der Waals surface area contributed by atoms with Gasteiger partial charge in [0.15, 0.2) is 5.82 Å². The average Bonchev–Trinajstić information content (AvgIpc) is 3.11. The van der Waals surface area contributed by atoms with Crippen LogP contribution in [0.1, 0.15) is 24.4 Å². The van der Waals surface area contributed by atoms with Gasteiger partial charge in [-0.15, -0.1) is 10.2 Å². The van der Waals surface area contributed by atoms with Gasteiger partial charge in [-0.25, -0.2) is 9.07 Å². The summed E-state index contributed by atoms with van der Waals surface area (Å²) in [6, 6.07) is 12.8. The number of amides is 1. The molecule has 0 aliphatic carbocycles. The first-order chi connectivity index (χ1) is 13.6. The Morgan fingerprint density at radius 3 is 2.71 bits per heavy atom. The zero-order valence-corrected chi connectivity index (χ0v) is 16.5. The molecule has 0 saturated carbocycles. The summed E-state index contributed by atoms with van der Waals surface area (Å²) in [4.78, 5) is 13.1. The molecule has 0 fully saturated rings. The van der Waals surface area contributed by atoms with E-state index in [0.29, 0.717) is 22.3 Å². The van der Waals surface area contributed by atoms with Gasteiger partial charge in [-0.3, -0.25) is 4.79 Å². The van der Waals surface area contributed by atoms with Crippen LogP contribution in [-0.4, -0.2) is 26.0 Å². The van der Waals surface area contributed by atoms with Crippen molar-refractivity contribution in [1.82, 2.24) is 14.9 Å². The van der Waals surface area contributed by atoms with Gasteiger partial charge in [0.1, 0.15) is 11.1 Å². The summed E-state index contributed by atoms with van der Waals surface area (Å²) in [5.74, 6) is 0.204. The summed E-state index contributed by atoms with van der Waals surface area (Å²) in [6.45, 7) is 1.98. The van der Waals surface area contributed by atoms with E-state index in [2.05, 4.69) is 20.9 Å². The van der Waals surface area contributed by atoms with Crippen LogP contribution >= 0.6 is 23.4 Å². The quantitative estimate of drug-likeness (QED) is 0.670. The summed E-state index contributed by atoms with van der Waals surface area (Å²) >= 11 is 7.49. The van der Waals surface area contributed by atoms with E-state index < -0.39 is 11.3 Å². The Kier molecular flexibility index (Phi) is 5.23. The summed E-state index contributed by atoms with van der Waals surface area (Å²) < 4.78 is 15.2. The Bertz CT molecular complexity index is 1010. The number of hydrogen-bond donors (Lipinski definition) is 2. The molecule has 2 unspecified atom stereocenters. The van der Waals surface area contributed by atoms with Crippen molar-refractivity contribution in [3.05, 3.63) is 70.8 Å². The van der Waals surface area contributed by atoms with E-state index in [1.807, 2.05) is 6.92 Å². The molecule has 0 bridgehead atoms. The highest BCUT2D eigenvalue weighted by Crippen LogP contribution is 2.38. The van der Waals surface area contributed by atoms with Crippen LogP contribution in [-0.2, 0) is 11.2 Å². The second kappa shape index (κ2) is 7.81. The van der Waals surface area contributed by atoms with Gasteiger partial charge in [-0.05, 0) is 29.8 Å². The molecule has 2 atom stereocenters. The molecule has 1 aliphatic rings. The van der Waals surface area contributed by atoms with Gasteiger partial charge in [-0.1, -0.05) is 54.6 Å². The van der Waals surface area contributed by atoms with Gasteiger partial charge < -0.3 is 10.7 Å². The second-order valence-corrected chi connectivity index (χ2v) is 7.77. The predicted molar refractivity (Wildman–Crippen MR) is 108 cm³/mol. The lowest BCUT2D eigenvalue weighted by Crippen LogP contribution is -2.41. The fraction of sp³-hybridized carbons (Fsp3) is 0.211. The number of fused-ring (bicyclic) bond motifs is 1. The third kappa shape index (κ3) is 3.57. The van der Waals surface area contributed by atoms with Crippen molar-refractivity contribution in [1.29, 1.82) is 0 Å². The molecule has 3 aromatic rings. The normalized spacial score (nSPS) is 18.2. The average molecular weight is 418 g/mol. The third-order valence-electron chi connectivity index (χ3n) is 4.44. The van der Waals surface area contributed by atoms with Crippen LogP contribution in [0.15, 0.2) is 53.7 Å². The molecule has 6 nitrogen and oxygen atoms in total. The van der Waals surface area contributed by atoms with Crippen molar-refractivity contribution < 1.29 is 9.18 Å². The number of benzene rings is 2. The van der Waals surface area contributed by atoms with Gasteiger partial charge in [0, 0.05) is 6.42 Å². The smallest absolute Gasteiger partial charge is 0.240 e. The van der Waals surface area contributed by atoms with Gasteiger partial charge in [-0.2, -0.15) is 0 Å². The van der Waals surface area contributed by atoms with Crippen LogP contribution in [0.25, 0.3) is 0 Å². The topological polar surface area (TPSA) is 71.8 Å². The standard InChI is InChI=1S/C19H17ClFN5OS/c1-2-15-23-24-19-26(15)25-16(11-7-9-12(21)10-8-11)17(28-19)18(27)22-14-6-4-3-5-13(14)20/h3-10,16-17,25H,2H2,1H3,(H,22,27). The van der Waals surface area contributed by atoms with Crippen molar-refractivity contribution in [2.24, 2.45) is 0 Å². The molecule has 4 rings (SSSR count). The number of hydrogen-bond acceptors (Lipinski definition) is 5. The zero-order chi connectivity index (χ0) is 19.7. The van der Waals surface area contributed by atoms with Crippen molar-refractivity contribution in [3.63, 3.8) is 0 Å². The highest BCUT2D eigenvalue weighted by atomic mass is 35.5. The molecule has 0 saturated heterocycles. The molecule has 28 heavy (non-hydrogen) atoms. The van der Waals surface area contributed by atoms with Gasteiger partial charge in [0.2, 0.25) is 11.1 Å². The van der Waals surface area contributed by atoms with Crippen LogP contribution in [0.4, 0.5) is 10.1 Å². The van der Waals surface area contributed by atoms with Crippen LogP contribution in [0, 0.1) is 5.82 Å². The molecule has 2 aromatic carbocycles. The largest absolute Gasteiger partial charge is 0.324 e. The number of nitrogens with zero attached hydrogens (tertiary/aromatic N) is 3. The van der Waals surface area contributed by atoms with Crippen LogP contribution < -0.4 is 10.7 Å². The number of rotatable bonds is 4. The fourth-order valence-electron chi connectivity index (χ4n) is 3.01. The lowest BCUT2D eigenvalue weighted by atomic mass is 10.0. The van der Waals surface area contributed by atoms with E-state index in [4.69, 9.17) is 11.6 Å². The fourth-order valence-corrected chi connectivity index (χ4v) is 4.30. The Hall–Kier alpha value is -2.58. The number of halogens is 2. The summed E-state index contributed by atoms with van der Waals surface area (Å²) in [5, 5.41) is 11.7. The first-order valence-corrected chi connectivity index (χ1v) is 10.0. The van der Waals surface area contributed by atoms with E-state index in [-0.39, 0.29) is 11.7 Å². The Labute approximate surface area is 170 Å². The van der Waals surface area contributed by atoms with Gasteiger partial charge >= 0.3 is 0 Å². The van der Waals surface area contributed by atoms with E-state index >= 15 is 0 Å². The highest BCUT2D eigenvalue weighted by Gasteiger charge is 2.37. The number of anilines is 1. The monoisotopic (exact) mass is 417 g/mol. The summed E-state index contributed by atoms with van der Waals surface area (Å²) in [7, 11) is 0. The zero-order valence-electron chi connectivity index (χ0n) is 14.9. The van der Waals surface area contributed by atoms with E-state index in [0.717, 1.165) is 11.4 Å². The maximum absolute atomic E-state index is 13.4. The molecule has 9 heteroatoms. The number of aryl methyl sites for hydroxylation is 1. The maximum Gasteiger partial charge on any atom is 0.240 e. The molecular weight excluding hydrogens is 401 g/mol. The van der Waals surface area contributed by atoms with Gasteiger partial charge in [0.25, 0.3) is 0 Å². The number of para-hydroxylation sites is 1. The minimum Gasteiger partial charge on any atom is -0.324 e. The molecular formula is C19H17ClFN5OS. The summed E-state index contributed by atoms with van der Waals surface area (Å²) in [5.41, 5.74) is 4.64. The Morgan fingerprint density at radius 1 is 1.25 bits per heavy atom. The lowest BCUT2D eigenvalue weighted by molar-refractivity contribution is -0.116. The Balaban J connectivity index is 1.68. The molecule has 0 radical (unpaired) electrons. The minimum absolute atomic E-state index is 0.229. The molecule has 1 aliphatic heterocycles. The summed E-state index contributed by atoms with van der Waals surface area (Å²) in [6.07, 6.45) is 0.688. The lowest BCUT2D eigenvalue weighted by Gasteiger charge is -2.33. The number of nitrogens with one attached hydrogen (secondary N) is 2. The first kappa shape index (κ1) is 18.8. The molecule has 1 aromatic heterocycles.